The predicted molar refractivity (Wildman–Crippen MR) is 77.0 cm³/mol. The highest BCUT2D eigenvalue weighted by Gasteiger charge is 2.44. The number of ether oxygens (including phenoxy) is 1. The molecule has 0 radical (unpaired) electrons. The van der Waals surface area contributed by atoms with Crippen LogP contribution < -0.4 is 4.78 Å². The molecular formula is C12H16BBrO2S. The van der Waals surface area contributed by atoms with Gasteiger partial charge < -0.3 is 4.74 Å². The Bertz CT molecular complexity index is 424. The van der Waals surface area contributed by atoms with Crippen LogP contribution in [0.15, 0.2) is 9.85 Å². The zero-order valence-corrected chi connectivity index (χ0v) is 12.6. The summed E-state index contributed by atoms with van der Waals surface area (Å²) in [7, 11) is 3.57. The number of halogens is 1. The van der Waals surface area contributed by atoms with Crippen LogP contribution in [-0.4, -0.2) is 20.9 Å². The van der Waals surface area contributed by atoms with Gasteiger partial charge in [0, 0.05) is 0 Å². The highest BCUT2D eigenvalue weighted by Crippen LogP contribution is 2.44. The Balaban J connectivity index is 2.46. The number of thiophene rings is 1. The van der Waals surface area contributed by atoms with Crippen LogP contribution in [0.1, 0.15) is 37.7 Å². The number of hydrogen-bond donors (Lipinski definition) is 0. The largest absolute Gasteiger partial charge is 0.468 e. The van der Waals surface area contributed by atoms with E-state index in [4.69, 9.17) is 4.74 Å². The maximum atomic E-state index is 12.2. The van der Waals surface area contributed by atoms with Gasteiger partial charge in [-0.25, -0.2) is 0 Å². The Kier molecular flexibility index (Phi) is 3.98. The molecule has 2 nitrogen and oxygen atoms in total. The molecular weight excluding hydrogens is 299 g/mol. The second-order valence-electron chi connectivity index (χ2n) is 4.68. The van der Waals surface area contributed by atoms with Gasteiger partial charge in [-0.3, -0.25) is 4.79 Å². The van der Waals surface area contributed by atoms with Crippen molar-refractivity contribution in [3.63, 3.8) is 0 Å². The zero-order valence-electron chi connectivity index (χ0n) is 10.2. The summed E-state index contributed by atoms with van der Waals surface area (Å²) < 4.78 is 7.38. The molecule has 0 saturated heterocycles. The third kappa shape index (κ3) is 2.32. The average molecular weight is 315 g/mol. The first kappa shape index (κ1) is 13.2. The summed E-state index contributed by atoms with van der Waals surface area (Å²) in [6.07, 6.45) is 5.26. The van der Waals surface area contributed by atoms with Gasteiger partial charge in [-0.1, -0.05) is 25.3 Å². The lowest BCUT2D eigenvalue weighted by molar-refractivity contribution is -0.149. The van der Waals surface area contributed by atoms with Crippen molar-refractivity contribution < 1.29 is 9.53 Å². The van der Waals surface area contributed by atoms with Crippen molar-refractivity contribution in [3.05, 3.63) is 15.4 Å². The van der Waals surface area contributed by atoms with Crippen molar-refractivity contribution in [2.24, 2.45) is 0 Å². The Morgan fingerprint density at radius 1 is 1.47 bits per heavy atom. The number of esters is 1. The highest BCUT2D eigenvalue weighted by molar-refractivity contribution is 9.11. The van der Waals surface area contributed by atoms with Crippen molar-refractivity contribution in [1.82, 2.24) is 0 Å². The minimum Gasteiger partial charge on any atom is -0.468 e. The summed E-state index contributed by atoms with van der Waals surface area (Å²) in [6, 6.07) is 2.14. The van der Waals surface area contributed by atoms with Crippen LogP contribution in [0.4, 0.5) is 0 Å². The van der Waals surface area contributed by atoms with E-state index < -0.39 is 5.41 Å². The van der Waals surface area contributed by atoms with E-state index in [2.05, 4.69) is 29.8 Å². The van der Waals surface area contributed by atoms with Gasteiger partial charge in [0.2, 0.25) is 0 Å². The Morgan fingerprint density at radius 3 is 2.59 bits per heavy atom. The summed E-state index contributed by atoms with van der Waals surface area (Å²) in [5.74, 6) is -0.0734. The molecule has 0 spiro atoms. The van der Waals surface area contributed by atoms with Crippen LogP contribution in [-0.2, 0) is 14.9 Å². The lowest BCUT2D eigenvalue weighted by Crippen LogP contribution is -2.39. The molecule has 1 saturated carbocycles. The second-order valence-corrected chi connectivity index (χ2v) is 7.25. The van der Waals surface area contributed by atoms with Gasteiger partial charge in [0.15, 0.2) is 7.85 Å². The van der Waals surface area contributed by atoms with Crippen molar-refractivity contribution in [2.45, 2.75) is 37.5 Å². The fourth-order valence-corrected chi connectivity index (χ4v) is 4.83. The molecule has 2 rings (SSSR count). The zero-order chi connectivity index (χ0) is 12.5. The molecule has 1 aliphatic rings. The van der Waals surface area contributed by atoms with E-state index >= 15 is 0 Å². The van der Waals surface area contributed by atoms with E-state index in [1.54, 1.807) is 11.3 Å². The molecule has 0 atom stereocenters. The molecule has 92 valence electrons. The van der Waals surface area contributed by atoms with Gasteiger partial charge in [0.1, 0.15) is 0 Å². The Hall–Kier alpha value is -0.285. The van der Waals surface area contributed by atoms with Gasteiger partial charge in [0.05, 0.1) is 16.3 Å². The van der Waals surface area contributed by atoms with Crippen LogP contribution in [0.3, 0.4) is 0 Å². The second kappa shape index (κ2) is 5.15. The Labute approximate surface area is 115 Å². The van der Waals surface area contributed by atoms with Crippen molar-refractivity contribution in [2.75, 3.05) is 7.11 Å². The maximum Gasteiger partial charge on any atom is 0.316 e. The molecule has 0 aliphatic heterocycles. The molecule has 1 aliphatic carbocycles. The molecule has 1 aromatic heterocycles. The lowest BCUT2D eigenvalue weighted by atomic mass is 9.70. The maximum absolute atomic E-state index is 12.2. The molecule has 0 amide bonds. The fourth-order valence-electron chi connectivity index (χ4n) is 2.75. The fraction of sp³-hybridized carbons (Fsp3) is 0.583. The van der Waals surface area contributed by atoms with Crippen LogP contribution in [0, 0.1) is 0 Å². The van der Waals surface area contributed by atoms with Crippen LogP contribution >= 0.6 is 27.3 Å². The molecule has 17 heavy (non-hydrogen) atoms. The quantitative estimate of drug-likeness (QED) is 0.617. The minimum absolute atomic E-state index is 0.0734. The highest BCUT2D eigenvalue weighted by atomic mass is 79.9. The SMILES string of the molecule is Bc1cc(C2(C(=O)OC)CCCCC2)c(Br)s1. The summed E-state index contributed by atoms with van der Waals surface area (Å²) >= 11 is 5.29. The third-order valence-electron chi connectivity index (χ3n) is 3.61. The van der Waals surface area contributed by atoms with Crippen LogP contribution in [0.25, 0.3) is 0 Å². The number of carbonyl (C=O) groups excluding carboxylic acids is 1. The standard InChI is InChI=1S/C12H16BBrO2S/c1-16-11(15)12(5-3-2-4-6-12)8-7-9(13)17-10(8)14/h7H,2-6,13H2,1H3. The number of carbonyl (C=O) groups is 1. The van der Waals surface area contributed by atoms with Gasteiger partial charge in [-0.15, -0.1) is 11.3 Å². The van der Waals surface area contributed by atoms with Gasteiger partial charge in [-0.05, 0) is 39.1 Å². The molecule has 0 bridgehead atoms. The third-order valence-corrected chi connectivity index (χ3v) is 5.36. The van der Waals surface area contributed by atoms with Crippen molar-refractivity contribution >= 4 is 45.9 Å². The molecule has 1 heterocycles. The topological polar surface area (TPSA) is 26.3 Å². The van der Waals surface area contributed by atoms with Gasteiger partial charge >= 0.3 is 5.97 Å². The number of methoxy groups -OCH3 is 1. The van der Waals surface area contributed by atoms with Crippen LogP contribution in [0.5, 0.6) is 0 Å². The summed E-state index contributed by atoms with van der Waals surface area (Å²) in [4.78, 5) is 12.2. The number of rotatable bonds is 2. The summed E-state index contributed by atoms with van der Waals surface area (Å²) in [5.41, 5.74) is 0.725. The predicted octanol–water partition coefficient (Wildman–Crippen LogP) is 2.14. The normalized spacial score (nSPS) is 18.9. The molecule has 1 aromatic rings. The number of hydrogen-bond acceptors (Lipinski definition) is 3. The van der Waals surface area contributed by atoms with Crippen molar-refractivity contribution in [3.8, 4) is 0 Å². The van der Waals surface area contributed by atoms with Gasteiger partial charge in [0.25, 0.3) is 0 Å². The van der Waals surface area contributed by atoms with Crippen molar-refractivity contribution in [1.29, 1.82) is 0 Å². The average Bonchev–Trinajstić information content (AvgIpc) is 2.68. The summed E-state index contributed by atoms with van der Waals surface area (Å²) in [5, 5.41) is 0. The molecule has 0 unspecified atom stereocenters. The van der Waals surface area contributed by atoms with E-state index in [9.17, 15) is 4.79 Å². The molecule has 0 aromatic carbocycles. The van der Waals surface area contributed by atoms with Crippen LogP contribution in [0.2, 0.25) is 0 Å². The molecule has 0 N–H and O–H groups in total. The van der Waals surface area contributed by atoms with E-state index in [0.717, 1.165) is 35.0 Å². The van der Waals surface area contributed by atoms with E-state index in [1.165, 1.54) is 18.3 Å². The Morgan fingerprint density at radius 2 is 2.12 bits per heavy atom. The van der Waals surface area contributed by atoms with E-state index in [-0.39, 0.29) is 5.97 Å². The molecule has 1 fully saturated rings. The van der Waals surface area contributed by atoms with E-state index in [0.29, 0.717) is 0 Å². The van der Waals surface area contributed by atoms with Gasteiger partial charge in [-0.2, -0.15) is 0 Å². The first-order chi connectivity index (χ1) is 8.10. The molecule has 5 heteroatoms. The minimum atomic E-state index is -0.406. The first-order valence-corrected chi connectivity index (χ1v) is 7.56. The lowest BCUT2D eigenvalue weighted by Gasteiger charge is -2.34. The van der Waals surface area contributed by atoms with E-state index in [1.807, 2.05) is 0 Å². The summed E-state index contributed by atoms with van der Waals surface area (Å²) in [6.45, 7) is 0. The smallest absolute Gasteiger partial charge is 0.316 e. The monoisotopic (exact) mass is 314 g/mol. The first-order valence-electron chi connectivity index (χ1n) is 5.95.